The second-order valence-corrected chi connectivity index (χ2v) is 16.1. The summed E-state index contributed by atoms with van der Waals surface area (Å²) >= 11 is 0. The predicted octanol–water partition coefficient (Wildman–Crippen LogP) is 6.80. The number of methoxy groups -OCH3 is 1. The lowest BCUT2D eigenvalue weighted by Gasteiger charge is -2.44. The van der Waals surface area contributed by atoms with Crippen LogP contribution in [0.2, 0.25) is 18.1 Å². The molecule has 0 saturated heterocycles. The van der Waals surface area contributed by atoms with E-state index in [1.807, 2.05) is 0 Å². The van der Waals surface area contributed by atoms with Gasteiger partial charge in [-0.05, 0) is 63.0 Å². The van der Waals surface area contributed by atoms with Crippen LogP contribution in [-0.4, -0.2) is 37.7 Å². The van der Waals surface area contributed by atoms with Crippen LogP contribution in [0.1, 0.15) is 92.2 Å². The first-order valence-corrected chi connectivity index (χ1v) is 15.3. The van der Waals surface area contributed by atoms with Gasteiger partial charge in [0.15, 0.2) is 8.32 Å². The van der Waals surface area contributed by atoms with Gasteiger partial charge in [-0.2, -0.15) is 0 Å². The Bertz CT molecular complexity index is 837. The summed E-state index contributed by atoms with van der Waals surface area (Å²) in [4.78, 5) is 13.8. The molecule has 0 amide bonds. The first-order valence-electron chi connectivity index (χ1n) is 12.4. The Morgan fingerprint density at radius 2 is 1.62 bits per heavy atom. The Balaban J connectivity index is 3.63. The van der Waals surface area contributed by atoms with Gasteiger partial charge in [-0.1, -0.05) is 70.9 Å². The molecule has 0 radical (unpaired) electrons. The van der Waals surface area contributed by atoms with E-state index in [4.69, 9.17) is 13.9 Å². The van der Waals surface area contributed by atoms with Crippen LogP contribution in [0, 0.1) is 11.8 Å². The average Bonchev–Trinajstić information content (AvgIpc) is 2.72. The molecular weight excluding hydrogens is 444 g/mol. The van der Waals surface area contributed by atoms with Crippen molar-refractivity contribution in [1.82, 2.24) is 0 Å². The maximum atomic E-state index is 13.8. The predicted molar refractivity (Wildman–Crippen MR) is 141 cm³/mol. The van der Waals surface area contributed by atoms with Crippen molar-refractivity contribution >= 4 is 14.3 Å². The molecule has 0 saturated carbocycles. The molecular formula is C28H46O5Si. The molecule has 1 N–H and O–H groups in total. The number of unbranched alkanes of at least 4 members (excludes halogenated alkanes) is 4. The van der Waals surface area contributed by atoms with Gasteiger partial charge in [0.25, 0.3) is 0 Å². The number of hydrogen-bond donors (Lipinski definition) is 1. The normalized spacial score (nSPS) is 15.0. The van der Waals surface area contributed by atoms with Crippen LogP contribution in [0.3, 0.4) is 0 Å². The Morgan fingerprint density at radius 1 is 1.03 bits per heavy atom. The van der Waals surface area contributed by atoms with E-state index < -0.39 is 31.6 Å². The number of ether oxygens (including phenoxy) is 2. The molecule has 1 aromatic carbocycles. The first kappa shape index (κ1) is 30.2. The molecule has 0 aromatic heterocycles. The zero-order valence-corrected chi connectivity index (χ0v) is 24.0. The van der Waals surface area contributed by atoms with Crippen molar-refractivity contribution < 1.29 is 23.8 Å². The van der Waals surface area contributed by atoms with E-state index in [1.165, 1.54) is 0 Å². The van der Waals surface area contributed by atoms with E-state index in [-0.39, 0.29) is 5.04 Å². The highest BCUT2D eigenvalue weighted by atomic mass is 28.4. The van der Waals surface area contributed by atoms with Crippen LogP contribution in [-0.2, 0) is 14.0 Å². The number of carbonyl (C=O) groups is 1. The molecule has 0 unspecified atom stereocenters. The van der Waals surface area contributed by atoms with Crippen LogP contribution in [0.5, 0.6) is 5.75 Å². The molecule has 34 heavy (non-hydrogen) atoms. The van der Waals surface area contributed by atoms with E-state index in [0.717, 1.165) is 25.7 Å². The van der Waals surface area contributed by atoms with Gasteiger partial charge in [-0.15, -0.1) is 0 Å². The summed E-state index contributed by atoms with van der Waals surface area (Å²) in [5, 5.41) is 11.5. The zero-order chi connectivity index (χ0) is 26.2. The van der Waals surface area contributed by atoms with Crippen LogP contribution < -0.4 is 4.74 Å². The fourth-order valence-corrected chi connectivity index (χ4v) is 4.48. The standard InChI is InChI=1S/C28H46O5Si/c1-11-12-13-14-15-16-21-28(25(30)32-26(2,3)4,33-34(9,10)27(5,6)7)24(29)22-17-19-23(31-8)20-18-22/h17-20,24,29H,11-15H2,1-10H3/t24-,28+/m1/s1. The second kappa shape index (κ2) is 12.2. The van der Waals surface area contributed by atoms with Gasteiger partial charge in [0.1, 0.15) is 17.5 Å². The maximum absolute atomic E-state index is 13.8. The molecule has 1 rings (SSSR count). The third kappa shape index (κ3) is 8.44. The van der Waals surface area contributed by atoms with E-state index in [9.17, 15) is 9.90 Å². The SMILES string of the molecule is CCCCCCC#C[C@@](O[Si](C)(C)C(C)(C)C)(C(=O)OC(C)(C)C)[C@H](O)c1ccc(OC)cc1. The average molecular weight is 491 g/mol. The van der Waals surface area contributed by atoms with Gasteiger partial charge in [0.2, 0.25) is 5.60 Å². The summed E-state index contributed by atoms with van der Waals surface area (Å²) in [6, 6.07) is 6.98. The van der Waals surface area contributed by atoms with Crippen molar-refractivity contribution in [2.45, 2.75) is 116 Å². The minimum atomic E-state index is -2.56. The Morgan fingerprint density at radius 3 is 2.09 bits per heavy atom. The molecule has 0 spiro atoms. The van der Waals surface area contributed by atoms with Gasteiger partial charge >= 0.3 is 5.97 Å². The summed E-state index contributed by atoms with van der Waals surface area (Å²) in [6.07, 6.45) is 3.60. The van der Waals surface area contributed by atoms with Crippen molar-refractivity contribution in [2.24, 2.45) is 0 Å². The van der Waals surface area contributed by atoms with E-state index in [2.05, 4.69) is 52.6 Å². The van der Waals surface area contributed by atoms with Gasteiger partial charge < -0.3 is 19.0 Å². The topological polar surface area (TPSA) is 65.0 Å². The Hall–Kier alpha value is -1.81. The molecule has 1 aromatic rings. The maximum Gasteiger partial charge on any atom is 0.353 e. The number of hydrogen-bond acceptors (Lipinski definition) is 5. The largest absolute Gasteiger partial charge is 0.497 e. The third-order valence-electron chi connectivity index (χ3n) is 6.17. The molecule has 0 aliphatic carbocycles. The Kier molecular flexibility index (Phi) is 10.9. The van der Waals surface area contributed by atoms with Gasteiger partial charge in [-0.25, -0.2) is 4.79 Å². The highest BCUT2D eigenvalue weighted by molar-refractivity contribution is 6.74. The van der Waals surface area contributed by atoms with Gasteiger partial charge in [0.05, 0.1) is 7.11 Å². The minimum absolute atomic E-state index is 0.206. The molecule has 0 heterocycles. The number of aliphatic hydroxyl groups is 1. The summed E-state index contributed by atoms with van der Waals surface area (Å²) in [5.41, 5.74) is -2.08. The van der Waals surface area contributed by atoms with E-state index in [0.29, 0.717) is 17.7 Å². The smallest absolute Gasteiger partial charge is 0.353 e. The number of rotatable bonds is 10. The van der Waals surface area contributed by atoms with E-state index >= 15 is 0 Å². The van der Waals surface area contributed by atoms with Crippen molar-refractivity contribution in [3.05, 3.63) is 29.8 Å². The van der Waals surface area contributed by atoms with Crippen LogP contribution >= 0.6 is 0 Å². The number of carbonyl (C=O) groups excluding carboxylic acids is 1. The molecule has 0 aliphatic rings. The molecule has 0 aliphatic heterocycles. The second-order valence-electron chi connectivity index (χ2n) is 11.4. The molecule has 2 atom stereocenters. The molecule has 6 heteroatoms. The number of aliphatic hydroxyl groups excluding tert-OH is 1. The molecule has 0 fully saturated rings. The Labute approximate surface area is 208 Å². The van der Waals surface area contributed by atoms with Gasteiger partial charge in [0, 0.05) is 6.42 Å². The lowest BCUT2D eigenvalue weighted by atomic mass is 9.90. The molecule has 5 nitrogen and oxygen atoms in total. The fourth-order valence-electron chi connectivity index (χ4n) is 3.12. The molecule has 0 bridgehead atoms. The van der Waals surface area contributed by atoms with E-state index in [1.54, 1.807) is 52.1 Å². The lowest BCUT2D eigenvalue weighted by Crippen LogP contribution is -2.57. The summed E-state index contributed by atoms with van der Waals surface area (Å²) < 4.78 is 17.8. The summed E-state index contributed by atoms with van der Waals surface area (Å²) in [5.74, 6) is 6.26. The fraction of sp³-hybridized carbons (Fsp3) is 0.679. The van der Waals surface area contributed by atoms with Crippen LogP contribution in [0.15, 0.2) is 24.3 Å². The van der Waals surface area contributed by atoms with Crippen molar-refractivity contribution in [2.75, 3.05) is 7.11 Å². The lowest BCUT2D eigenvalue weighted by molar-refractivity contribution is -0.178. The van der Waals surface area contributed by atoms with Gasteiger partial charge in [-0.3, -0.25) is 0 Å². The van der Waals surface area contributed by atoms with Crippen molar-refractivity contribution in [1.29, 1.82) is 0 Å². The zero-order valence-electron chi connectivity index (χ0n) is 23.0. The highest BCUT2D eigenvalue weighted by Crippen LogP contribution is 2.43. The molecule has 192 valence electrons. The minimum Gasteiger partial charge on any atom is -0.497 e. The summed E-state index contributed by atoms with van der Waals surface area (Å²) in [6.45, 7) is 18.0. The quantitative estimate of drug-likeness (QED) is 0.169. The number of benzene rings is 1. The first-order chi connectivity index (χ1) is 15.6. The van der Waals surface area contributed by atoms with Crippen LogP contribution in [0.4, 0.5) is 0 Å². The third-order valence-corrected chi connectivity index (χ3v) is 10.6. The summed E-state index contributed by atoms with van der Waals surface area (Å²) in [7, 11) is -0.977. The highest BCUT2D eigenvalue weighted by Gasteiger charge is 2.54. The van der Waals surface area contributed by atoms with Crippen molar-refractivity contribution in [3.63, 3.8) is 0 Å². The number of esters is 1. The van der Waals surface area contributed by atoms with Crippen molar-refractivity contribution in [3.8, 4) is 17.6 Å². The van der Waals surface area contributed by atoms with Crippen LogP contribution in [0.25, 0.3) is 0 Å². The monoisotopic (exact) mass is 490 g/mol.